The van der Waals surface area contributed by atoms with Crippen LogP contribution in [-0.4, -0.2) is 29.9 Å². The minimum Gasteiger partial charge on any atom is -0.338 e. The van der Waals surface area contributed by atoms with Crippen LogP contribution >= 0.6 is 23.2 Å². The number of benzene rings is 1. The van der Waals surface area contributed by atoms with Crippen LogP contribution in [0.1, 0.15) is 25.3 Å². The van der Waals surface area contributed by atoms with E-state index in [4.69, 9.17) is 28.9 Å². The molecule has 1 amide bonds. The zero-order valence-electron chi connectivity index (χ0n) is 11.6. The zero-order valence-corrected chi connectivity index (χ0v) is 13.1. The molecule has 2 N–H and O–H groups in total. The lowest BCUT2D eigenvalue weighted by molar-refractivity contribution is -0.134. The Kier molecular flexibility index (Phi) is 5.30. The molecule has 0 radical (unpaired) electrons. The van der Waals surface area contributed by atoms with Crippen LogP contribution in [0.25, 0.3) is 0 Å². The van der Waals surface area contributed by atoms with Crippen LogP contribution in [0, 0.1) is 5.92 Å². The van der Waals surface area contributed by atoms with Crippen LogP contribution < -0.4 is 5.73 Å². The zero-order chi connectivity index (χ0) is 14.7. The molecule has 2 atom stereocenters. The molecule has 2 unspecified atom stereocenters. The summed E-state index contributed by atoms with van der Waals surface area (Å²) in [5, 5.41) is 1.18. The Morgan fingerprint density at radius 1 is 1.45 bits per heavy atom. The number of amides is 1. The van der Waals surface area contributed by atoms with E-state index >= 15 is 0 Å². The van der Waals surface area contributed by atoms with Crippen molar-refractivity contribution in [2.75, 3.05) is 13.1 Å². The van der Waals surface area contributed by atoms with Gasteiger partial charge in [0, 0.05) is 29.2 Å². The molecule has 3 nitrogen and oxygen atoms in total. The quantitative estimate of drug-likeness (QED) is 0.931. The third-order valence-corrected chi connectivity index (χ3v) is 4.52. The second-order valence-corrected chi connectivity index (χ2v) is 6.36. The fourth-order valence-corrected chi connectivity index (χ4v) is 3.13. The molecule has 1 aliphatic heterocycles. The van der Waals surface area contributed by atoms with Crippen LogP contribution in [0.4, 0.5) is 0 Å². The van der Waals surface area contributed by atoms with E-state index in [-0.39, 0.29) is 18.4 Å². The highest BCUT2D eigenvalue weighted by atomic mass is 35.5. The molecule has 1 aromatic carbocycles. The summed E-state index contributed by atoms with van der Waals surface area (Å²) in [6.07, 6.45) is 2.29. The Balaban J connectivity index is 2.09. The van der Waals surface area contributed by atoms with Gasteiger partial charge in [-0.1, -0.05) is 30.1 Å². The van der Waals surface area contributed by atoms with Gasteiger partial charge in [-0.25, -0.2) is 0 Å². The third-order valence-electron chi connectivity index (χ3n) is 3.92. The van der Waals surface area contributed by atoms with Crippen molar-refractivity contribution in [3.8, 4) is 0 Å². The Bertz CT molecular complexity index is 493. The number of carbonyl (C=O) groups excluding carboxylic acids is 1. The van der Waals surface area contributed by atoms with E-state index in [0.717, 1.165) is 24.9 Å². The summed E-state index contributed by atoms with van der Waals surface area (Å²) >= 11 is 12.1. The molecule has 0 spiro atoms. The first-order valence-corrected chi connectivity index (χ1v) is 7.70. The van der Waals surface area contributed by atoms with E-state index < -0.39 is 0 Å². The highest BCUT2D eigenvalue weighted by molar-refractivity contribution is 6.33. The fourth-order valence-electron chi connectivity index (χ4n) is 2.75. The van der Waals surface area contributed by atoms with E-state index in [9.17, 15) is 4.79 Å². The standard InChI is InChI=1S/C15H20Cl2N2O/c1-10-4-5-19(13(6-10)9-18)15(20)8-11-7-12(16)2-3-14(11)17/h2-3,7,10,13H,4-6,8-9,18H2,1H3. The van der Waals surface area contributed by atoms with Gasteiger partial charge in [-0.2, -0.15) is 0 Å². The summed E-state index contributed by atoms with van der Waals surface area (Å²) in [6.45, 7) is 3.50. The van der Waals surface area contributed by atoms with E-state index in [1.165, 1.54) is 0 Å². The molecule has 0 aliphatic carbocycles. The predicted molar refractivity (Wildman–Crippen MR) is 83.1 cm³/mol. The summed E-state index contributed by atoms with van der Waals surface area (Å²) in [5.74, 6) is 0.707. The van der Waals surface area contributed by atoms with Crippen molar-refractivity contribution >= 4 is 29.1 Å². The molecule has 0 aromatic heterocycles. The van der Waals surface area contributed by atoms with Crippen molar-refractivity contribution in [3.05, 3.63) is 33.8 Å². The maximum absolute atomic E-state index is 12.5. The molecule has 1 heterocycles. The Hall–Kier alpha value is -0.770. The average molecular weight is 315 g/mol. The number of piperidine rings is 1. The molecule has 20 heavy (non-hydrogen) atoms. The fraction of sp³-hybridized carbons (Fsp3) is 0.533. The molecule has 0 saturated carbocycles. The van der Waals surface area contributed by atoms with Gasteiger partial charge in [-0.05, 0) is 42.5 Å². The van der Waals surface area contributed by atoms with Crippen molar-refractivity contribution in [3.63, 3.8) is 0 Å². The molecule has 110 valence electrons. The molecule has 1 saturated heterocycles. The van der Waals surface area contributed by atoms with E-state index in [1.54, 1.807) is 18.2 Å². The molecule has 1 aromatic rings. The number of nitrogens with zero attached hydrogens (tertiary/aromatic N) is 1. The number of carbonyl (C=O) groups is 1. The summed E-state index contributed by atoms with van der Waals surface area (Å²) in [6, 6.07) is 5.35. The molecular formula is C15H20Cl2N2O. The first-order valence-electron chi connectivity index (χ1n) is 6.94. The van der Waals surface area contributed by atoms with Gasteiger partial charge in [0.15, 0.2) is 0 Å². The van der Waals surface area contributed by atoms with Gasteiger partial charge in [0.2, 0.25) is 5.91 Å². The number of nitrogens with two attached hydrogens (primary N) is 1. The number of likely N-dealkylation sites (tertiary alicyclic amines) is 1. The Morgan fingerprint density at radius 2 is 2.20 bits per heavy atom. The summed E-state index contributed by atoms with van der Waals surface area (Å²) < 4.78 is 0. The minimum atomic E-state index is 0.0801. The normalized spacial score (nSPS) is 22.9. The van der Waals surface area contributed by atoms with Gasteiger partial charge in [0.05, 0.1) is 6.42 Å². The van der Waals surface area contributed by atoms with Crippen molar-refractivity contribution in [1.82, 2.24) is 4.90 Å². The number of halogens is 2. The Labute approximate surface area is 130 Å². The summed E-state index contributed by atoms with van der Waals surface area (Å²) in [7, 11) is 0. The molecule has 0 bridgehead atoms. The second kappa shape index (κ2) is 6.79. The summed E-state index contributed by atoms with van der Waals surface area (Å²) in [5.41, 5.74) is 6.58. The van der Waals surface area contributed by atoms with E-state index in [0.29, 0.717) is 22.5 Å². The number of rotatable bonds is 3. The lowest BCUT2D eigenvalue weighted by Crippen LogP contribution is -2.49. The first kappa shape index (κ1) is 15.6. The van der Waals surface area contributed by atoms with Gasteiger partial charge >= 0.3 is 0 Å². The molecular weight excluding hydrogens is 295 g/mol. The SMILES string of the molecule is CC1CCN(C(=O)Cc2cc(Cl)ccc2Cl)C(CN)C1. The van der Waals surface area contributed by atoms with E-state index in [1.807, 2.05) is 4.90 Å². The van der Waals surface area contributed by atoms with Crippen LogP contribution in [0.2, 0.25) is 10.0 Å². The maximum atomic E-state index is 12.5. The number of hydrogen-bond donors (Lipinski definition) is 1. The Morgan fingerprint density at radius 3 is 2.90 bits per heavy atom. The average Bonchev–Trinajstić information content (AvgIpc) is 2.42. The minimum absolute atomic E-state index is 0.0801. The molecule has 1 aliphatic rings. The highest BCUT2D eigenvalue weighted by Crippen LogP contribution is 2.25. The summed E-state index contributed by atoms with van der Waals surface area (Å²) in [4.78, 5) is 14.4. The lowest BCUT2D eigenvalue weighted by atomic mass is 9.92. The third kappa shape index (κ3) is 3.66. The van der Waals surface area contributed by atoms with Gasteiger partial charge in [-0.15, -0.1) is 0 Å². The van der Waals surface area contributed by atoms with Crippen molar-refractivity contribution in [2.24, 2.45) is 11.7 Å². The van der Waals surface area contributed by atoms with Gasteiger partial charge in [0.25, 0.3) is 0 Å². The first-order chi connectivity index (χ1) is 9.51. The van der Waals surface area contributed by atoms with Crippen LogP contribution in [-0.2, 0) is 11.2 Å². The smallest absolute Gasteiger partial charge is 0.227 e. The monoisotopic (exact) mass is 314 g/mol. The van der Waals surface area contributed by atoms with Crippen LogP contribution in [0.3, 0.4) is 0 Å². The van der Waals surface area contributed by atoms with Crippen molar-refractivity contribution in [2.45, 2.75) is 32.2 Å². The highest BCUT2D eigenvalue weighted by Gasteiger charge is 2.29. The van der Waals surface area contributed by atoms with Gasteiger partial charge in [-0.3, -0.25) is 4.79 Å². The molecule has 1 fully saturated rings. The van der Waals surface area contributed by atoms with Crippen molar-refractivity contribution in [1.29, 1.82) is 0 Å². The van der Waals surface area contributed by atoms with Crippen molar-refractivity contribution < 1.29 is 4.79 Å². The van der Waals surface area contributed by atoms with E-state index in [2.05, 4.69) is 6.92 Å². The molecule has 5 heteroatoms. The topological polar surface area (TPSA) is 46.3 Å². The van der Waals surface area contributed by atoms with Gasteiger partial charge < -0.3 is 10.6 Å². The number of hydrogen-bond acceptors (Lipinski definition) is 2. The van der Waals surface area contributed by atoms with Gasteiger partial charge in [0.1, 0.15) is 0 Å². The second-order valence-electron chi connectivity index (χ2n) is 5.52. The predicted octanol–water partition coefficient (Wildman–Crippen LogP) is 3.12. The van der Waals surface area contributed by atoms with Crippen LogP contribution in [0.15, 0.2) is 18.2 Å². The maximum Gasteiger partial charge on any atom is 0.227 e. The van der Waals surface area contributed by atoms with Crippen LogP contribution in [0.5, 0.6) is 0 Å². The lowest BCUT2D eigenvalue weighted by Gasteiger charge is -2.38. The molecule has 2 rings (SSSR count). The largest absolute Gasteiger partial charge is 0.338 e.